The van der Waals surface area contributed by atoms with Crippen LogP contribution in [0.2, 0.25) is 0 Å². The number of nitrogens with one attached hydrogen (secondary N) is 2. The Labute approximate surface area is 138 Å². The molecule has 0 saturated carbocycles. The number of halogens is 3. The third kappa shape index (κ3) is 4.81. The van der Waals surface area contributed by atoms with E-state index in [1.54, 1.807) is 24.3 Å². The van der Waals surface area contributed by atoms with Gasteiger partial charge in [0, 0.05) is 17.7 Å². The zero-order chi connectivity index (χ0) is 15.3. The Bertz CT molecular complexity index is 482. The molecule has 2 N–H and O–H groups in total. The average Bonchev–Trinajstić information content (AvgIpc) is 2.49. The number of anilines is 1. The number of ether oxygens (including phenoxy) is 1. The fourth-order valence-corrected chi connectivity index (χ4v) is 2.82. The first-order chi connectivity index (χ1) is 10.1. The highest BCUT2D eigenvalue weighted by Gasteiger charge is 2.39. The molecule has 2 rings (SSSR count). The second-order valence-electron chi connectivity index (χ2n) is 4.81. The molecule has 0 atom stereocenters. The first-order valence-corrected chi connectivity index (χ1v) is 7.56. The molecule has 0 aliphatic carbocycles. The molecule has 1 aliphatic heterocycles. The van der Waals surface area contributed by atoms with Gasteiger partial charge in [-0.15, -0.1) is 12.4 Å². The fraction of sp³-hybridized carbons (Fsp3) is 0.500. The quantitative estimate of drug-likeness (QED) is 0.799. The van der Waals surface area contributed by atoms with Crippen LogP contribution in [0, 0.1) is 0 Å². The van der Waals surface area contributed by atoms with Gasteiger partial charge in [0.25, 0.3) is 11.7 Å². The summed E-state index contributed by atoms with van der Waals surface area (Å²) in [6.07, 6.45) is 1.21. The Hall–Kier alpha value is -0.890. The lowest BCUT2D eigenvalue weighted by Gasteiger charge is -2.34. The van der Waals surface area contributed by atoms with E-state index in [0.29, 0.717) is 35.2 Å². The standard InChI is InChI=1S/C14H18F2N2O2S.ClH/c1-20-14(6-8-17-9-7-14)12(19)18-10-2-4-11(5-3-10)21-13(15)16;/h2-5,13,17H,6-9H2,1H3,(H,18,19);1H. The Balaban J connectivity index is 0.00000242. The van der Waals surface area contributed by atoms with Crippen molar-refractivity contribution in [3.8, 4) is 0 Å². The number of piperidine rings is 1. The first kappa shape index (κ1) is 19.2. The van der Waals surface area contributed by atoms with Crippen LogP contribution in [-0.2, 0) is 9.53 Å². The number of rotatable bonds is 5. The number of hydrogen-bond donors (Lipinski definition) is 2. The molecule has 0 aromatic heterocycles. The molecule has 0 unspecified atom stereocenters. The van der Waals surface area contributed by atoms with Crippen molar-refractivity contribution in [1.29, 1.82) is 0 Å². The van der Waals surface area contributed by atoms with Gasteiger partial charge in [0.05, 0.1) is 0 Å². The summed E-state index contributed by atoms with van der Waals surface area (Å²) in [5.41, 5.74) is -0.240. The lowest BCUT2D eigenvalue weighted by molar-refractivity contribution is -0.140. The minimum absolute atomic E-state index is 0. The maximum absolute atomic E-state index is 12.4. The van der Waals surface area contributed by atoms with Gasteiger partial charge in [0.15, 0.2) is 0 Å². The fourth-order valence-electron chi connectivity index (χ4n) is 2.32. The molecule has 1 heterocycles. The summed E-state index contributed by atoms with van der Waals surface area (Å²) < 4.78 is 29.9. The summed E-state index contributed by atoms with van der Waals surface area (Å²) in [6, 6.07) is 6.36. The number of alkyl halides is 2. The Morgan fingerprint density at radius 2 is 1.91 bits per heavy atom. The van der Waals surface area contributed by atoms with Gasteiger partial charge in [-0.3, -0.25) is 4.79 Å². The predicted molar refractivity (Wildman–Crippen MR) is 86.0 cm³/mol. The Kier molecular flexibility index (Phi) is 7.55. The predicted octanol–water partition coefficient (Wildman–Crippen LogP) is 3.13. The summed E-state index contributed by atoms with van der Waals surface area (Å²) in [7, 11) is 1.53. The normalized spacial score (nSPS) is 16.9. The van der Waals surface area contributed by atoms with Crippen LogP contribution in [0.5, 0.6) is 0 Å². The van der Waals surface area contributed by atoms with E-state index in [2.05, 4.69) is 10.6 Å². The average molecular weight is 353 g/mol. The topological polar surface area (TPSA) is 50.4 Å². The molecule has 1 aromatic carbocycles. The van der Waals surface area contributed by atoms with Gasteiger partial charge < -0.3 is 15.4 Å². The molecule has 1 fully saturated rings. The van der Waals surface area contributed by atoms with Gasteiger partial charge in [-0.05, 0) is 50.2 Å². The number of benzene rings is 1. The smallest absolute Gasteiger partial charge is 0.288 e. The number of thioether (sulfide) groups is 1. The van der Waals surface area contributed by atoms with Crippen LogP contribution in [0.25, 0.3) is 0 Å². The molecule has 0 bridgehead atoms. The van der Waals surface area contributed by atoms with Crippen LogP contribution in [0.1, 0.15) is 12.8 Å². The second kappa shape index (κ2) is 8.67. The van der Waals surface area contributed by atoms with E-state index in [1.807, 2.05) is 0 Å². The number of methoxy groups -OCH3 is 1. The highest BCUT2D eigenvalue weighted by atomic mass is 35.5. The zero-order valence-electron chi connectivity index (χ0n) is 12.1. The summed E-state index contributed by atoms with van der Waals surface area (Å²) >= 11 is 0.479. The van der Waals surface area contributed by atoms with Crippen molar-refractivity contribution in [2.75, 3.05) is 25.5 Å². The third-order valence-electron chi connectivity index (χ3n) is 3.55. The minimum Gasteiger partial charge on any atom is -0.368 e. The molecular weight excluding hydrogens is 334 g/mol. The number of carbonyl (C=O) groups is 1. The monoisotopic (exact) mass is 352 g/mol. The van der Waals surface area contributed by atoms with E-state index < -0.39 is 11.4 Å². The lowest BCUT2D eigenvalue weighted by Crippen LogP contribution is -2.51. The molecule has 1 aromatic rings. The second-order valence-corrected chi connectivity index (χ2v) is 5.87. The molecular formula is C14H19ClF2N2O2S. The SMILES string of the molecule is COC1(C(=O)Nc2ccc(SC(F)F)cc2)CCNCC1.Cl. The van der Waals surface area contributed by atoms with Gasteiger partial charge in [-0.2, -0.15) is 8.78 Å². The molecule has 22 heavy (non-hydrogen) atoms. The van der Waals surface area contributed by atoms with Crippen molar-refractivity contribution in [1.82, 2.24) is 5.32 Å². The van der Waals surface area contributed by atoms with Crippen molar-refractivity contribution < 1.29 is 18.3 Å². The number of amides is 1. The molecule has 1 saturated heterocycles. The molecule has 0 spiro atoms. The summed E-state index contributed by atoms with van der Waals surface area (Å²) in [4.78, 5) is 12.9. The van der Waals surface area contributed by atoms with Crippen LogP contribution in [-0.4, -0.2) is 37.5 Å². The third-order valence-corrected chi connectivity index (χ3v) is 4.28. The summed E-state index contributed by atoms with van der Waals surface area (Å²) in [6.45, 7) is 1.45. The molecule has 0 radical (unpaired) electrons. The molecule has 1 aliphatic rings. The van der Waals surface area contributed by atoms with E-state index >= 15 is 0 Å². The highest BCUT2D eigenvalue weighted by Crippen LogP contribution is 2.28. The van der Waals surface area contributed by atoms with Crippen LogP contribution < -0.4 is 10.6 Å². The summed E-state index contributed by atoms with van der Waals surface area (Å²) in [5.74, 6) is -2.64. The van der Waals surface area contributed by atoms with Crippen LogP contribution in [0.4, 0.5) is 14.5 Å². The van der Waals surface area contributed by atoms with Crippen LogP contribution in [0.15, 0.2) is 29.2 Å². The van der Waals surface area contributed by atoms with Crippen LogP contribution in [0.3, 0.4) is 0 Å². The van der Waals surface area contributed by atoms with E-state index in [-0.39, 0.29) is 18.3 Å². The molecule has 4 nitrogen and oxygen atoms in total. The van der Waals surface area contributed by atoms with E-state index in [0.717, 1.165) is 13.1 Å². The molecule has 1 amide bonds. The first-order valence-electron chi connectivity index (χ1n) is 6.68. The van der Waals surface area contributed by atoms with Crippen LogP contribution >= 0.6 is 24.2 Å². The zero-order valence-corrected chi connectivity index (χ0v) is 13.7. The maximum Gasteiger partial charge on any atom is 0.288 e. The highest BCUT2D eigenvalue weighted by molar-refractivity contribution is 7.99. The van der Waals surface area contributed by atoms with Gasteiger partial charge in [-0.25, -0.2) is 0 Å². The van der Waals surface area contributed by atoms with Gasteiger partial charge >= 0.3 is 0 Å². The molecule has 124 valence electrons. The van der Waals surface area contributed by atoms with Crippen molar-refractivity contribution in [2.24, 2.45) is 0 Å². The summed E-state index contributed by atoms with van der Waals surface area (Å²) in [5, 5.41) is 5.98. The van der Waals surface area contributed by atoms with E-state index in [9.17, 15) is 13.6 Å². The Morgan fingerprint density at radius 3 is 2.41 bits per heavy atom. The van der Waals surface area contributed by atoms with Crippen molar-refractivity contribution >= 4 is 35.8 Å². The largest absolute Gasteiger partial charge is 0.368 e. The van der Waals surface area contributed by atoms with Crippen molar-refractivity contribution in [3.05, 3.63) is 24.3 Å². The van der Waals surface area contributed by atoms with Gasteiger partial charge in [0.1, 0.15) is 5.60 Å². The maximum atomic E-state index is 12.4. The minimum atomic E-state index is -2.45. The van der Waals surface area contributed by atoms with Crippen molar-refractivity contribution in [3.63, 3.8) is 0 Å². The van der Waals surface area contributed by atoms with E-state index in [1.165, 1.54) is 7.11 Å². The number of hydrogen-bond acceptors (Lipinski definition) is 4. The van der Waals surface area contributed by atoms with E-state index in [4.69, 9.17) is 4.74 Å². The number of carbonyl (C=O) groups excluding carboxylic acids is 1. The molecule has 8 heteroatoms. The van der Waals surface area contributed by atoms with Crippen molar-refractivity contribution in [2.45, 2.75) is 29.1 Å². The lowest BCUT2D eigenvalue weighted by atomic mass is 9.91. The van der Waals surface area contributed by atoms with Gasteiger partial charge in [0.2, 0.25) is 0 Å². The Morgan fingerprint density at radius 1 is 1.32 bits per heavy atom. The van der Waals surface area contributed by atoms with Gasteiger partial charge in [-0.1, -0.05) is 11.8 Å².